The Morgan fingerprint density at radius 3 is 2.58 bits per heavy atom. The van der Waals surface area contributed by atoms with Crippen LogP contribution in [0.2, 0.25) is 0 Å². The lowest BCUT2D eigenvalue weighted by molar-refractivity contribution is 0.508. The third-order valence-corrected chi connectivity index (χ3v) is 1.29. The summed E-state index contributed by atoms with van der Waals surface area (Å²) in [6.45, 7) is 0. The average Bonchev–Trinajstić information content (AvgIpc) is 2.07. The number of hydrogen-bond acceptors (Lipinski definition) is 1. The zero-order valence-electron chi connectivity index (χ0n) is 6.09. The molecule has 0 saturated carbocycles. The molecule has 0 aliphatic rings. The lowest BCUT2D eigenvalue weighted by Gasteiger charge is -1.93. The molecule has 0 aliphatic heterocycles. The minimum atomic E-state index is -0.907. The standard InChI is InChI=1S/C9H5F2N/c10-8-4-3-7(2-1-5-12)6-9(8)11/h1-4,6H/b2-1-. The molecule has 1 aromatic rings. The summed E-state index contributed by atoms with van der Waals surface area (Å²) in [6.07, 6.45) is 2.61. The number of rotatable bonds is 1. The monoisotopic (exact) mass is 165 g/mol. The molecule has 0 spiro atoms. The first-order valence-corrected chi connectivity index (χ1v) is 3.25. The molecule has 0 heterocycles. The van der Waals surface area contributed by atoms with Gasteiger partial charge in [-0.05, 0) is 23.8 Å². The zero-order valence-corrected chi connectivity index (χ0v) is 6.09. The summed E-state index contributed by atoms with van der Waals surface area (Å²) in [5, 5.41) is 8.15. The Labute approximate surface area is 68.6 Å². The Bertz CT molecular complexity index is 350. The predicted molar refractivity (Wildman–Crippen MR) is 41.0 cm³/mol. The van der Waals surface area contributed by atoms with Crippen LogP contribution in [0.1, 0.15) is 5.56 Å². The van der Waals surface area contributed by atoms with E-state index >= 15 is 0 Å². The Morgan fingerprint density at radius 2 is 2.00 bits per heavy atom. The molecule has 0 aromatic heterocycles. The number of allylic oxidation sites excluding steroid dienone is 1. The highest BCUT2D eigenvalue weighted by Gasteiger charge is 1.99. The molecule has 0 aliphatic carbocycles. The maximum atomic E-state index is 12.5. The molecule has 0 atom stereocenters. The van der Waals surface area contributed by atoms with Gasteiger partial charge in [0.15, 0.2) is 11.6 Å². The van der Waals surface area contributed by atoms with Crippen LogP contribution in [0.3, 0.4) is 0 Å². The van der Waals surface area contributed by atoms with Crippen LogP contribution >= 0.6 is 0 Å². The van der Waals surface area contributed by atoms with E-state index in [4.69, 9.17) is 5.26 Å². The summed E-state index contributed by atoms with van der Waals surface area (Å²) in [5.41, 5.74) is 0.468. The van der Waals surface area contributed by atoms with Crippen LogP contribution in [0, 0.1) is 23.0 Å². The van der Waals surface area contributed by atoms with Crippen molar-refractivity contribution >= 4 is 6.08 Å². The maximum absolute atomic E-state index is 12.5. The first-order chi connectivity index (χ1) is 5.74. The van der Waals surface area contributed by atoms with Gasteiger partial charge in [-0.3, -0.25) is 0 Å². The number of hydrogen-bond donors (Lipinski definition) is 0. The molecular weight excluding hydrogens is 160 g/mol. The highest BCUT2D eigenvalue weighted by atomic mass is 19.2. The van der Waals surface area contributed by atoms with Gasteiger partial charge in [-0.1, -0.05) is 6.07 Å². The molecule has 1 aromatic carbocycles. The van der Waals surface area contributed by atoms with E-state index < -0.39 is 11.6 Å². The minimum Gasteiger partial charge on any atom is -0.204 e. The van der Waals surface area contributed by atoms with Crippen LogP contribution in [-0.4, -0.2) is 0 Å². The molecule has 0 N–H and O–H groups in total. The van der Waals surface area contributed by atoms with E-state index in [1.807, 2.05) is 0 Å². The fraction of sp³-hybridized carbons (Fsp3) is 0. The lowest BCUT2D eigenvalue weighted by Crippen LogP contribution is -1.83. The normalized spacial score (nSPS) is 10.1. The van der Waals surface area contributed by atoms with Gasteiger partial charge in [0, 0.05) is 6.08 Å². The van der Waals surface area contributed by atoms with Gasteiger partial charge in [0.25, 0.3) is 0 Å². The third-order valence-electron chi connectivity index (χ3n) is 1.29. The van der Waals surface area contributed by atoms with E-state index in [1.54, 1.807) is 6.07 Å². The summed E-state index contributed by atoms with van der Waals surface area (Å²) in [7, 11) is 0. The van der Waals surface area contributed by atoms with Crippen LogP contribution in [0.15, 0.2) is 24.3 Å². The Morgan fingerprint density at radius 1 is 1.25 bits per heavy atom. The summed E-state index contributed by atoms with van der Waals surface area (Å²) >= 11 is 0. The van der Waals surface area contributed by atoms with E-state index in [9.17, 15) is 8.78 Å². The van der Waals surface area contributed by atoms with E-state index in [0.717, 1.165) is 12.1 Å². The Kier molecular flexibility index (Phi) is 2.54. The topological polar surface area (TPSA) is 23.8 Å². The molecule has 1 nitrogen and oxygen atoms in total. The molecule has 3 heteroatoms. The number of benzene rings is 1. The molecular formula is C9H5F2N. The quantitative estimate of drug-likeness (QED) is 0.586. The number of nitriles is 1. The Hall–Kier alpha value is -1.69. The second-order valence-electron chi connectivity index (χ2n) is 2.14. The zero-order chi connectivity index (χ0) is 8.97. The van der Waals surface area contributed by atoms with Crippen molar-refractivity contribution in [3.63, 3.8) is 0 Å². The van der Waals surface area contributed by atoms with Gasteiger partial charge in [0.2, 0.25) is 0 Å². The highest BCUT2D eigenvalue weighted by molar-refractivity contribution is 5.51. The van der Waals surface area contributed by atoms with Gasteiger partial charge in [-0.15, -0.1) is 0 Å². The van der Waals surface area contributed by atoms with Gasteiger partial charge in [-0.2, -0.15) is 5.26 Å². The second-order valence-corrected chi connectivity index (χ2v) is 2.14. The molecule has 0 saturated heterocycles. The van der Waals surface area contributed by atoms with Crippen molar-refractivity contribution in [3.05, 3.63) is 41.5 Å². The molecule has 1 rings (SSSR count). The lowest BCUT2D eigenvalue weighted by atomic mass is 10.2. The number of halogens is 2. The van der Waals surface area contributed by atoms with Crippen molar-refractivity contribution in [1.82, 2.24) is 0 Å². The average molecular weight is 165 g/mol. The predicted octanol–water partition coefficient (Wildman–Crippen LogP) is 2.50. The summed E-state index contributed by atoms with van der Waals surface area (Å²) in [6, 6.07) is 5.20. The molecule has 60 valence electrons. The van der Waals surface area contributed by atoms with E-state index in [1.165, 1.54) is 18.2 Å². The van der Waals surface area contributed by atoms with Crippen molar-refractivity contribution in [1.29, 1.82) is 5.26 Å². The summed E-state index contributed by atoms with van der Waals surface area (Å²) in [4.78, 5) is 0. The van der Waals surface area contributed by atoms with Crippen molar-refractivity contribution in [2.45, 2.75) is 0 Å². The summed E-state index contributed by atoms with van der Waals surface area (Å²) < 4.78 is 24.9. The van der Waals surface area contributed by atoms with Crippen molar-refractivity contribution < 1.29 is 8.78 Å². The fourth-order valence-corrected chi connectivity index (χ4v) is 0.750. The molecule has 0 unspecified atom stereocenters. The molecule has 0 amide bonds. The van der Waals surface area contributed by atoms with Gasteiger partial charge >= 0.3 is 0 Å². The minimum absolute atomic E-state index is 0.468. The van der Waals surface area contributed by atoms with Crippen molar-refractivity contribution in [2.75, 3.05) is 0 Å². The molecule has 12 heavy (non-hydrogen) atoms. The molecule has 0 fully saturated rings. The second kappa shape index (κ2) is 3.63. The van der Waals surface area contributed by atoms with Gasteiger partial charge in [0.05, 0.1) is 6.07 Å². The maximum Gasteiger partial charge on any atom is 0.159 e. The van der Waals surface area contributed by atoms with Crippen molar-refractivity contribution in [3.8, 4) is 6.07 Å². The van der Waals surface area contributed by atoms with Crippen LogP contribution in [0.4, 0.5) is 8.78 Å². The van der Waals surface area contributed by atoms with Gasteiger partial charge < -0.3 is 0 Å². The van der Waals surface area contributed by atoms with Crippen LogP contribution in [0.25, 0.3) is 6.08 Å². The van der Waals surface area contributed by atoms with Crippen LogP contribution < -0.4 is 0 Å². The highest BCUT2D eigenvalue weighted by Crippen LogP contribution is 2.09. The largest absolute Gasteiger partial charge is 0.204 e. The summed E-state index contributed by atoms with van der Waals surface area (Å²) in [5.74, 6) is -1.79. The number of nitrogens with zero attached hydrogens (tertiary/aromatic N) is 1. The third kappa shape index (κ3) is 1.89. The van der Waals surface area contributed by atoms with E-state index in [0.29, 0.717) is 5.56 Å². The van der Waals surface area contributed by atoms with Crippen LogP contribution in [0.5, 0.6) is 0 Å². The van der Waals surface area contributed by atoms with Gasteiger partial charge in [-0.25, -0.2) is 8.78 Å². The molecule has 0 radical (unpaired) electrons. The van der Waals surface area contributed by atoms with E-state index in [-0.39, 0.29) is 0 Å². The Balaban J connectivity index is 2.99. The van der Waals surface area contributed by atoms with Crippen LogP contribution in [-0.2, 0) is 0 Å². The van der Waals surface area contributed by atoms with Crippen molar-refractivity contribution in [2.24, 2.45) is 0 Å². The molecule has 0 bridgehead atoms. The van der Waals surface area contributed by atoms with E-state index in [2.05, 4.69) is 0 Å². The first-order valence-electron chi connectivity index (χ1n) is 3.25. The SMILES string of the molecule is N#C/C=C\c1ccc(F)c(F)c1. The fourth-order valence-electron chi connectivity index (χ4n) is 0.750. The first kappa shape index (κ1) is 8.41. The van der Waals surface area contributed by atoms with Gasteiger partial charge in [0.1, 0.15) is 0 Å². The smallest absolute Gasteiger partial charge is 0.159 e.